The molecule has 0 radical (unpaired) electrons. The third-order valence-electron chi connectivity index (χ3n) is 6.12. The number of morpholine rings is 1. The molecular weight excluding hydrogens is 455 g/mol. The number of carbonyl (C=O) groups is 2. The Labute approximate surface area is 205 Å². The Balaban J connectivity index is 1.79. The summed E-state index contributed by atoms with van der Waals surface area (Å²) in [6.45, 7) is 5.95. The van der Waals surface area contributed by atoms with Crippen molar-refractivity contribution in [3.63, 3.8) is 0 Å². The van der Waals surface area contributed by atoms with Crippen LogP contribution in [0, 0.1) is 11.2 Å². The van der Waals surface area contributed by atoms with Gasteiger partial charge in [0.05, 0.1) is 31.2 Å². The Hall–Kier alpha value is -3.05. The summed E-state index contributed by atoms with van der Waals surface area (Å²) in [7, 11) is 1.29. The second kappa shape index (κ2) is 12.6. The lowest BCUT2D eigenvalue weighted by atomic mass is 9.99. The third-order valence-corrected chi connectivity index (χ3v) is 6.12. The van der Waals surface area contributed by atoms with Crippen LogP contribution in [0.25, 0.3) is 5.70 Å². The standard InChI is InChI=1S/C24H35FN6O4/c1-15(20(26)16(2)31(17-7-8-17)23(32)19-14-27-12-13-35-19)21(22-18(25)6-4-9-29-22)28-10-5-11-30-24(33)34-3/h4,6,9,16-17,19,26-28H,5,7-8,10-14H2,1-3H3,(H,30,33)/b21-15-,26-20?/t16-,19-/m1/s1. The smallest absolute Gasteiger partial charge is 0.406 e. The van der Waals surface area contributed by atoms with E-state index in [1.54, 1.807) is 11.8 Å². The lowest BCUT2D eigenvalue weighted by Crippen LogP contribution is -2.54. The molecule has 0 unspecified atom stereocenters. The number of amides is 2. The van der Waals surface area contributed by atoms with Crippen LogP contribution in [0.4, 0.5) is 9.18 Å². The van der Waals surface area contributed by atoms with Crippen LogP contribution < -0.4 is 16.0 Å². The number of hydrogen-bond donors (Lipinski definition) is 4. The minimum atomic E-state index is -0.572. The number of carbonyl (C=O) groups excluding carboxylic acids is 2. The van der Waals surface area contributed by atoms with Crippen molar-refractivity contribution in [1.29, 1.82) is 5.41 Å². The van der Waals surface area contributed by atoms with E-state index in [4.69, 9.17) is 10.1 Å². The minimum Gasteiger partial charge on any atom is -0.453 e. The van der Waals surface area contributed by atoms with Gasteiger partial charge in [0.15, 0.2) is 5.82 Å². The number of rotatable bonds is 11. The van der Waals surface area contributed by atoms with Crippen molar-refractivity contribution < 1.29 is 23.5 Å². The van der Waals surface area contributed by atoms with Gasteiger partial charge in [-0.25, -0.2) is 9.18 Å². The van der Waals surface area contributed by atoms with Crippen molar-refractivity contribution in [3.8, 4) is 0 Å². The van der Waals surface area contributed by atoms with Crippen LogP contribution >= 0.6 is 0 Å². The topological polar surface area (TPSA) is 129 Å². The Bertz CT molecular complexity index is 946. The molecular formula is C24H35FN6O4. The predicted octanol–water partition coefficient (Wildman–Crippen LogP) is 1.68. The van der Waals surface area contributed by atoms with Gasteiger partial charge in [-0.2, -0.15) is 0 Å². The van der Waals surface area contributed by atoms with Gasteiger partial charge >= 0.3 is 6.09 Å². The summed E-state index contributed by atoms with van der Waals surface area (Å²) in [4.78, 5) is 30.5. The monoisotopic (exact) mass is 490 g/mol. The Morgan fingerprint density at radius 2 is 2.11 bits per heavy atom. The summed E-state index contributed by atoms with van der Waals surface area (Å²) >= 11 is 0. The molecule has 2 fully saturated rings. The molecule has 0 aromatic carbocycles. The largest absolute Gasteiger partial charge is 0.453 e. The van der Waals surface area contributed by atoms with E-state index < -0.39 is 24.1 Å². The van der Waals surface area contributed by atoms with Crippen molar-refractivity contribution in [1.82, 2.24) is 25.8 Å². The highest BCUT2D eigenvalue weighted by atomic mass is 19.1. The van der Waals surface area contributed by atoms with Crippen LogP contribution in [0.15, 0.2) is 23.9 Å². The van der Waals surface area contributed by atoms with Gasteiger partial charge in [0, 0.05) is 38.4 Å². The highest BCUT2D eigenvalue weighted by molar-refractivity contribution is 6.08. The number of pyridine rings is 1. The van der Waals surface area contributed by atoms with E-state index >= 15 is 0 Å². The lowest BCUT2D eigenvalue weighted by molar-refractivity contribution is -0.146. The molecule has 2 aliphatic rings. The first kappa shape index (κ1) is 26.6. The van der Waals surface area contributed by atoms with E-state index in [9.17, 15) is 14.0 Å². The first-order valence-electron chi connectivity index (χ1n) is 12.0. The van der Waals surface area contributed by atoms with E-state index in [0.29, 0.717) is 50.5 Å². The van der Waals surface area contributed by atoms with Crippen molar-refractivity contribution in [3.05, 3.63) is 35.4 Å². The molecule has 2 heterocycles. The van der Waals surface area contributed by atoms with Gasteiger partial charge in [-0.1, -0.05) is 0 Å². The van der Waals surface area contributed by atoms with Crippen LogP contribution in [0.1, 0.15) is 38.8 Å². The maximum atomic E-state index is 14.7. The van der Waals surface area contributed by atoms with Gasteiger partial charge in [-0.05, 0) is 50.8 Å². The maximum Gasteiger partial charge on any atom is 0.406 e. The number of halogens is 1. The highest BCUT2D eigenvalue weighted by Crippen LogP contribution is 2.31. The summed E-state index contributed by atoms with van der Waals surface area (Å²) in [6, 6.07) is 2.37. The number of alkyl carbamates (subject to hydrolysis) is 1. The second-order valence-electron chi connectivity index (χ2n) is 8.66. The number of hydrogen-bond acceptors (Lipinski definition) is 8. The molecule has 2 amide bonds. The van der Waals surface area contributed by atoms with Crippen molar-refractivity contribution >= 4 is 23.4 Å². The summed E-state index contributed by atoms with van der Waals surface area (Å²) in [5.74, 6) is -0.642. The minimum absolute atomic E-state index is 0.0727. The van der Waals surface area contributed by atoms with Crippen LogP contribution in [-0.4, -0.2) is 85.7 Å². The summed E-state index contributed by atoms with van der Waals surface area (Å²) < 4.78 is 24.9. The molecule has 4 N–H and O–H groups in total. The third kappa shape index (κ3) is 6.98. The Morgan fingerprint density at radius 1 is 1.37 bits per heavy atom. The quantitative estimate of drug-likeness (QED) is 0.274. The zero-order valence-electron chi connectivity index (χ0n) is 20.5. The zero-order valence-corrected chi connectivity index (χ0v) is 20.5. The van der Waals surface area contributed by atoms with Crippen LogP contribution in [0.2, 0.25) is 0 Å². The van der Waals surface area contributed by atoms with Gasteiger partial charge in [0.1, 0.15) is 11.8 Å². The zero-order chi connectivity index (χ0) is 25.4. The first-order chi connectivity index (χ1) is 16.8. The normalized spacial score (nSPS) is 19.3. The molecule has 2 atom stereocenters. The number of nitrogens with zero attached hydrogens (tertiary/aromatic N) is 2. The molecule has 0 spiro atoms. The second-order valence-corrected chi connectivity index (χ2v) is 8.66. The van der Waals surface area contributed by atoms with E-state index in [1.807, 2.05) is 6.92 Å². The van der Waals surface area contributed by atoms with Crippen molar-refractivity contribution in [2.75, 3.05) is 39.9 Å². The lowest BCUT2D eigenvalue weighted by Gasteiger charge is -2.35. The van der Waals surface area contributed by atoms with E-state index in [2.05, 4.69) is 25.7 Å². The molecule has 1 saturated heterocycles. The maximum absolute atomic E-state index is 14.7. The molecule has 1 aliphatic heterocycles. The van der Waals surface area contributed by atoms with Gasteiger partial charge in [-0.3, -0.25) is 9.78 Å². The van der Waals surface area contributed by atoms with E-state index in [1.165, 1.54) is 25.4 Å². The fourth-order valence-electron chi connectivity index (χ4n) is 4.05. The summed E-state index contributed by atoms with van der Waals surface area (Å²) in [5.41, 5.74) is 1.19. The first-order valence-corrected chi connectivity index (χ1v) is 12.0. The molecule has 1 aromatic rings. The van der Waals surface area contributed by atoms with Crippen LogP contribution in [0.5, 0.6) is 0 Å². The van der Waals surface area contributed by atoms with Gasteiger partial charge in [0.25, 0.3) is 5.91 Å². The van der Waals surface area contributed by atoms with Gasteiger partial charge in [0.2, 0.25) is 0 Å². The molecule has 3 rings (SSSR count). The van der Waals surface area contributed by atoms with Crippen molar-refractivity contribution in [2.24, 2.45) is 0 Å². The number of nitrogens with one attached hydrogen (secondary N) is 4. The highest BCUT2D eigenvalue weighted by Gasteiger charge is 2.41. The number of ether oxygens (including phenoxy) is 2. The molecule has 0 bridgehead atoms. The molecule has 1 aliphatic carbocycles. The van der Waals surface area contributed by atoms with Gasteiger partial charge < -0.3 is 35.7 Å². The number of aromatic nitrogens is 1. The van der Waals surface area contributed by atoms with Crippen molar-refractivity contribution in [2.45, 2.75) is 51.3 Å². The average Bonchev–Trinajstić information content (AvgIpc) is 3.71. The predicted molar refractivity (Wildman–Crippen MR) is 129 cm³/mol. The average molecular weight is 491 g/mol. The molecule has 35 heavy (non-hydrogen) atoms. The number of methoxy groups -OCH3 is 1. The fraction of sp³-hybridized carbons (Fsp3) is 0.583. The SMILES string of the molecule is COC(=O)NCCCN/C(=C(/C)C(=N)[C@@H](C)N(C(=O)[C@H]1CNCCO1)C1CC1)c1ncccc1F. The fourth-order valence-corrected chi connectivity index (χ4v) is 4.05. The molecule has 1 saturated carbocycles. The molecule has 192 valence electrons. The van der Waals surface area contributed by atoms with E-state index in [-0.39, 0.29) is 23.4 Å². The molecule has 11 heteroatoms. The Kier molecular flexibility index (Phi) is 9.55. The molecule has 10 nitrogen and oxygen atoms in total. The van der Waals surface area contributed by atoms with Gasteiger partial charge in [-0.15, -0.1) is 0 Å². The summed E-state index contributed by atoms with van der Waals surface area (Å²) in [6.07, 6.45) is 2.72. The van der Waals surface area contributed by atoms with E-state index in [0.717, 1.165) is 12.8 Å². The van der Waals surface area contributed by atoms with Crippen LogP contribution in [-0.2, 0) is 14.3 Å². The molecule has 1 aromatic heterocycles. The summed E-state index contributed by atoms with van der Waals surface area (Å²) in [5, 5.41) is 17.9. The van der Waals surface area contributed by atoms with Crippen LogP contribution in [0.3, 0.4) is 0 Å². The Morgan fingerprint density at radius 3 is 2.74 bits per heavy atom.